The van der Waals surface area contributed by atoms with E-state index in [9.17, 15) is 9.59 Å². The van der Waals surface area contributed by atoms with Crippen molar-refractivity contribution < 1.29 is 19.1 Å². The molecule has 0 bridgehead atoms. The molecule has 2 amide bonds. The van der Waals surface area contributed by atoms with Crippen molar-refractivity contribution in [2.24, 2.45) is 0 Å². The number of hydrogen-bond acceptors (Lipinski definition) is 4. The van der Waals surface area contributed by atoms with Crippen LogP contribution in [0.4, 0.5) is 0 Å². The molecule has 1 aromatic carbocycles. The van der Waals surface area contributed by atoms with Crippen molar-refractivity contribution in [1.29, 1.82) is 0 Å². The molecule has 2 heterocycles. The van der Waals surface area contributed by atoms with Crippen LogP contribution in [0.2, 0.25) is 0 Å². The molecular formula is C17H22N2O4. The van der Waals surface area contributed by atoms with E-state index in [1.54, 1.807) is 13.2 Å². The Morgan fingerprint density at radius 1 is 1.26 bits per heavy atom. The lowest BCUT2D eigenvalue weighted by molar-refractivity contribution is -0.134. The first-order chi connectivity index (χ1) is 11.1. The largest absolute Gasteiger partial charge is 0.493 e. The van der Waals surface area contributed by atoms with Crippen molar-refractivity contribution in [3.05, 3.63) is 23.3 Å². The second-order valence-corrected chi connectivity index (χ2v) is 6.00. The predicted octanol–water partition coefficient (Wildman–Crippen LogP) is 1.54. The average Bonchev–Trinajstić information content (AvgIpc) is 2.55. The molecule has 0 aromatic heterocycles. The Kier molecular flexibility index (Phi) is 4.15. The molecule has 0 aliphatic carbocycles. The van der Waals surface area contributed by atoms with Gasteiger partial charge in [0.2, 0.25) is 5.91 Å². The Hall–Kier alpha value is -2.24. The SMILES string of the molecule is CCCN1C[C@H]2NC(=O)c3c(ccc(OC)c3OC)[C@@H]2CC1=O. The van der Waals surface area contributed by atoms with E-state index in [1.165, 1.54) is 7.11 Å². The van der Waals surface area contributed by atoms with Crippen LogP contribution in [0.25, 0.3) is 0 Å². The molecule has 0 spiro atoms. The number of hydrogen-bond donors (Lipinski definition) is 1. The predicted molar refractivity (Wildman–Crippen MR) is 85.0 cm³/mol. The maximum absolute atomic E-state index is 12.6. The van der Waals surface area contributed by atoms with Gasteiger partial charge in [0, 0.05) is 25.4 Å². The smallest absolute Gasteiger partial charge is 0.255 e. The molecule has 1 aromatic rings. The summed E-state index contributed by atoms with van der Waals surface area (Å²) in [6.45, 7) is 3.35. The number of carbonyl (C=O) groups is 2. The summed E-state index contributed by atoms with van der Waals surface area (Å²) in [5.74, 6) is 0.926. The molecule has 1 N–H and O–H groups in total. The second kappa shape index (κ2) is 6.10. The van der Waals surface area contributed by atoms with Gasteiger partial charge in [-0.1, -0.05) is 13.0 Å². The van der Waals surface area contributed by atoms with Gasteiger partial charge in [0.1, 0.15) is 0 Å². The van der Waals surface area contributed by atoms with E-state index in [0.717, 1.165) is 18.5 Å². The molecule has 2 atom stereocenters. The number of nitrogens with zero attached hydrogens (tertiary/aromatic N) is 1. The van der Waals surface area contributed by atoms with Crippen molar-refractivity contribution in [2.45, 2.75) is 31.7 Å². The van der Waals surface area contributed by atoms with Crippen LogP contribution in [0, 0.1) is 0 Å². The topological polar surface area (TPSA) is 67.9 Å². The average molecular weight is 318 g/mol. The van der Waals surface area contributed by atoms with Crippen LogP contribution in [0.3, 0.4) is 0 Å². The summed E-state index contributed by atoms with van der Waals surface area (Å²) in [6, 6.07) is 3.64. The number of carbonyl (C=O) groups excluding carboxylic acids is 2. The zero-order chi connectivity index (χ0) is 16.6. The molecule has 1 fully saturated rings. The molecule has 0 unspecified atom stereocenters. The number of fused-ring (bicyclic) bond motifs is 3. The number of amides is 2. The van der Waals surface area contributed by atoms with E-state index in [-0.39, 0.29) is 23.8 Å². The van der Waals surface area contributed by atoms with E-state index in [2.05, 4.69) is 5.32 Å². The van der Waals surface area contributed by atoms with Crippen molar-refractivity contribution in [2.75, 3.05) is 27.3 Å². The van der Waals surface area contributed by atoms with Gasteiger partial charge in [0.25, 0.3) is 5.91 Å². The number of piperidine rings is 1. The molecular weight excluding hydrogens is 296 g/mol. The van der Waals surface area contributed by atoms with E-state index >= 15 is 0 Å². The van der Waals surface area contributed by atoms with E-state index in [0.29, 0.717) is 30.0 Å². The number of ether oxygens (including phenoxy) is 2. The number of methoxy groups -OCH3 is 2. The van der Waals surface area contributed by atoms with Crippen LogP contribution in [0.5, 0.6) is 11.5 Å². The number of likely N-dealkylation sites (tertiary alicyclic amines) is 1. The Labute approximate surface area is 135 Å². The number of nitrogens with one attached hydrogen (secondary N) is 1. The zero-order valence-corrected chi connectivity index (χ0v) is 13.7. The van der Waals surface area contributed by atoms with Gasteiger partial charge in [-0.2, -0.15) is 0 Å². The highest BCUT2D eigenvalue weighted by atomic mass is 16.5. The third kappa shape index (κ3) is 2.52. The molecule has 1 saturated heterocycles. The van der Waals surface area contributed by atoms with Crippen molar-refractivity contribution in [3.63, 3.8) is 0 Å². The van der Waals surface area contributed by atoms with Crippen molar-refractivity contribution in [1.82, 2.24) is 10.2 Å². The Morgan fingerprint density at radius 3 is 2.70 bits per heavy atom. The zero-order valence-electron chi connectivity index (χ0n) is 13.7. The van der Waals surface area contributed by atoms with Crippen molar-refractivity contribution >= 4 is 11.8 Å². The first kappa shape index (κ1) is 15.6. The summed E-state index contributed by atoms with van der Waals surface area (Å²) in [5.41, 5.74) is 1.37. The van der Waals surface area contributed by atoms with E-state index in [1.807, 2.05) is 17.9 Å². The molecule has 6 heteroatoms. The highest BCUT2D eigenvalue weighted by Crippen LogP contribution is 2.42. The first-order valence-corrected chi connectivity index (χ1v) is 7.94. The highest BCUT2D eigenvalue weighted by Gasteiger charge is 2.42. The third-order valence-corrected chi connectivity index (χ3v) is 4.66. The minimum atomic E-state index is -0.164. The summed E-state index contributed by atoms with van der Waals surface area (Å²) >= 11 is 0. The summed E-state index contributed by atoms with van der Waals surface area (Å²) in [6.07, 6.45) is 1.33. The summed E-state index contributed by atoms with van der Waals surface area (Å²) in [7, 11) is 3.06. The maximum Gasteiger partial charge on any atom is 0.255 e. The van der Waals surface area contributed by atoms with Crippen LogP contribution < -0.4 is 14.8 Å². The van der Waals surface area contributed by atoms with Crippen LogP contribution >= 0.6 is 0 Å². The fourth-order valence-corrected chi connectivity index (χ4v) is 3.61. The minimum absolute atomic E-state index is 0.0110. The first-order valence-electron chi connectivity index (χ1n) is 7.94. The maximum atomic E-state index is 12.6. The number of rotatable bonds is 4. The van der Waals surface area contributed by atoms with Crippen molar-refractivity contribution in [3.8, 4) is 11.5 Å². The standard InChI is InChI=1S/C17H22N2O4/c1-4-7-19-9-12-11(8-14(19)20)10-5-6-13(22-2)16(23-3)15(10)17(21)18-12/h5-6,11-12H,4,7-9H2,1-3H3,(H,18,21)/t11-,12+/m0/s1. The quantitative estimate of drug-likeness (QED) is 0.914. The van der Waals surface area contributed by atoms with Crippen LogP contribution in [0.1, 0.15) is 41.6 Å². The molecule has 124 valence electrons. The molecule has 6 nitrogen and oxygen atoms in total. The number of benzene rings is 1. The fourth-order valence-electron chi connectivity index (χ4n) is 3.61. The monoisotopic (exact) mass is 318 g/mol. The molecule has 2 aliphatic rings. The molecule has 23 heavy (non-hydrogen) atoms. The Balaban J connectivity index is 2.01. The van der Waals surface area contributed by atoms with Crippen LogP contribution in [-0.2, 0) is 4.79 Å². The van der Waals surface area contributed by atoms with Gasteiger partial charge >= 0.3 is 0 Å². The summed E-state index contributed by atoms with van der Waals surface area (Å²) < 4.78 is 10.7. The van der Waals surface area contributed by atoms with E-state index in [4.69, 9.17) is 9.47 Å². The molecule has 0 radical (unpaired) electrons. The van der Waals surface area contributed by atoms with Crippen LogP contribution in [0.15, 0.2) is 12.1 Å². The van der Waals surface area contributed by atoms with Gasteiger partial charge in [0.05, 0.1) is 25.8 Å². The van der Waals surface area contributed by atoms with Gasteiger partial charge < -0.3 is 19.7 Å². The van der Waals surface area contributed by atoms with E-state index < -0.39 is 0 Å². The van der Waals surface area contributed by atoms with Gasteiger partial charge in [-0.3, -0.25) is 9.59 Å². The normalized spacial score (nSPS) is 23.0. The van der Waals surface area contributed by atoms with Crippen LogP contribution in [-0.4, -0.2) is 50.1 Å². The second-order valence-electron chi connectivity index (χ2n) is 6.00. The minimum Gasteiger partial charge on any atom is -0.493 e. The Bertz CT molecular complexity index is 644. The highest BCUT2D eigenvalue weighted by molar-refractivity contribution is 6.01. The lowest BCUT2D eigenvalue weighted by Gasteiger charge is -2.42. The molecule has 3 rings (SSSR count). The van der Waals surface area contributed by atoms with Gasteiger partial charge in [-0.05, 0) is 18.1 Å². The molecule has 2 aliphatic heterocycles. The Morgan fingerprint density at radius 2 is 2.04 bits per heavy atom. The third-order valence-electron chi connectivity index (χ3n) is 4.66. The summed E-state index contributed by atoms with van der Waals surface area (Å²) in [4.78, 5) is 26.8. The van der Waals surface area contributed by atoms with Gasteiger partial charge in [-0.25, -0.2) is 0 Å². The summed E-state index contributed by atoms with van der Waals surface area (Å²) in [5, 5.41) is 3.04. The lowest BCUT2D eigenvalue weighted by atomic mass is 9.79. The lowest BCUT2D eigenvalue weighted by Crippen LogP contribution is -2.56. The molecule has 0 saturated carbocycles. The fraction of sp³-hybridized carbons (Fsp3) is 0.529. The van der Waals surface area contributed by atoms with Gasteiger partial charge in [-0.15, -0.1) is 0 Å². The van der Waals surface area contributed by atoms with Gasteiger partial charge in [0.15, 0.2) is 11.5 Å².